The van der Waals surface area contributed by atoms with Crippen molar-refractivity contribution in [1.29, 1.82) is 0 Å². The summed E-state index contributed by atoms with van der Waals surface area (Å²) in [6.07, 6.45) is 1.40. The summed E-state index contributed by atoms with van der Waals surface area (Å²) in [5, 5.41) is 4.75. The molecule has 0 amide bonds. The summed E-state index contributed by atoms with van der Waals surface area (Å²) in [6, 6.07) is 9.01. The van der Waals surface area contributed by atoms with Crippen LogP contribution in [0.25, 0.3) is 0 Å². The Balaban J connectivity index is 1.30. The van der Waals surface area contributed by atoms with E-state index in [1.165, 1.54) is 11.1 Å². The number of aromatic nitrogens is 3. The molecule has 0 unspecified atom stereocenters. The fourth-order valence-corrected chi connectivity index (χ4v) is 6.70. The molecule has 2 aromatic rings. The second-order valence-corrected chi connectivity index (χ2v) is 12.3. The zero-order valence-electron chi connectivity index (χ0n) is 19.4. The van der Waals surface area contributed by atoms with Gasteiger partial charge in [0.05, 0.1) is 18.2 Å². The molecular formula is C23H35N5O2S2. The summed E-state index contributed by atoms with van der Waals surface area (Å²) in [5.74, 6) is 2.18. The molecule has 7 nitrogen and oxygen atoms in total. The lowest BCUT2D eigenvalue weighted by Crippen LogP contribution is -2.46. The topological polar surface area (TPSA) is 63.4 Å². The Labute approximate surface area is 196 Å². The van der Waals surface area contributed by atoms with Gasteiger partial charge in [0, 0.05) is 46.2 Å². The van der Waals surface area contributed by atoms with Crippen LogP contribution < -0.4 is 0 Å². The predicted octanol–water partition coefficient (Wildman–Crippen LogP) is 2.83. The lowest BCUT2D eigenvalue weighted by atomic mass is 10.0. The van der Waals surface area contributed by atoms with Crippen LogP contribution in [0.5, 0.6) is 0 Å². The first-order chi connectivity index (χ1) is 15.2. The van der Waals surface area contributed by atoms with Crippen LogP contribution >= 0.6 is 12.2 Å². The van der Waals surface area contributed by atoms with Crippen molar-refractivity contribution in [3.05, 3.63) is 46.0 Å². The molecule has 0 bridgehead atoms. The van der Waals surface area contributed by atoms with Gasteiger partial charge < -0.3 is 4.57 Å². The first kappa shape index (κ1) is 23.6. The maximum atomic E-state index is 11.8. The van der Waals surface area contributed by atoms with Gasteiger partial charge in [0.25, 0.3) is 0 Å². The van der Waals surface area contributed by atoms with E-state index in [9.17, 15) is 8.42 Å². The molecule has 176 valence electrons. The fourth-order valence-electron chi connectivity index (χ4n) is 4.64. The van der Waals surface area contributed by atoms with Crippen molar-refractivity contribution in [3.63, 3.8) is 0 Å². The molecule has 32 heavy (non-hydrogen) atoms. The Hall–Kier alpha value is -1.55. The highest BCUT2D eigenvalue weighted by Gasteiger charge is 2.29. The van der Waals surface area contributed by atoms with E-state index in [4.69, 9.17) is 17.3 Å². The molecule has 1 atom stereocenters. The quantitative estimate of drug-likeness (QED) is 0.572. The van der Waals surface area contributed by atoms with Gasteiger partial charge in [0.15, 0.2) is 14.6 Å². The van der Waals surface area contributed by atoms with Crippen LogP contribution in [-0.2, 0) is 36.5 Å². The van der Waals surface area contributed by atoms with Gasteiger partial charge in [-0.05, 0) is 41.6 Å². The first-order valence-electron chi connectivity index (χ1n) is 11.6. The molecule has 2 aliphatic heterocycles. The second kappa shape index (κ2) is 9.75. The third-order valence-electron chi connectivity index (χ3n) is 6.78. The highest BCUT2D eigenvalue weighted by atomic mass is 32.2. The Morgan fingerprint density at radius 2 is 1.75 bits per heavy atom. The summed E-state index contributed by atoms with van der Waals surface area (Å²) in [4.78, 5) is 4.90. The summed E-state index contributed by atoms with van der Waals surface area (Å²) in [7, 11) is -0.934. The second-order valence-electron chi connectivity index (χ2n) is 9.66. The number of piperazine rings is 1. The average molecular weight is 478 g/mol. The zero-order valence-corrected chi connectivity index (χ0v) is 21.0. The third kappa shape index (κ3) is 5.68. The summed E-state index contributed by atoms with van der Waals surface area (Å²) in [5.41, 5.74) is 2.76. The minimum absolute atomic E-state index is 0.155. The molecule has 2 saturated heterocycles. The van der Waals surface area contributed by atoms with Crippen molar-refractivity contribution < 1.29 is 8.42 Å². The molecule has 0 aliphatic carbocycles. The van der Waals surface area contributed by atoms with Gasteiger partial charge in [-0.25, -0.2) is 13.1 Å². The molecule has 0 spiro atoms. The van der Waals surface area contributed by atoms with Gasteiger partial charge in [-0.1, -0.05) is 38.1 Å². The van der Waals surface area contributed by atoms with Crippen molar-refractivity contribution in [1.82, 2.24) is 24.1 Å². The van der Waals surface area contributed by atoms with Crippen molar-refractivity contribution in [3.8, 4) is 0 Å². The predicted molar refractivity (Wildman–Crippen MR) is 130 cm³/mol. The van der Waals surface area contributed by atoms with Gasteiger partial charge in [0.2, 0.25) is 0 Å². The Morgan fingerprint density at radius 1 is 1.09 bits per heavy atom. The van der Waals surface area contributed by atoms with Crippen LogP contribution in [0.1, 0.15) is 43.1 Å². The molecule has 3 heterocycles. The van der Waals surface area contributed by atoms with Crippen LogP contribution in [0, 0.1) is 10.7 Å². The highest BCUT2D eigenvalue weighted by molar-refractivity contribution is 7.91. The molecule has 0 saturated carbocycles. The van der Waals surface area contributed by atoms with Gasteiger partial charge in [-0.3, -0.25) is 9.80 Å². The maximum absolute atomic E-state index is 11.8. The molecule has 1 aromatic carbocycles. The smallest absolute Gasteiger partial charge is 0.198 e. The normalized spacial score (nSPS) is 22.1. The Bertz CT molecular complexity index is 1080. The molecular weight excluding hydrogens is 442 g/mol. The van der Waals surface area contributed by atoms with Crippen molar-refractivity contribution >= 4 is 22.1 Å². The molecule has 9 heteroatoms. The molecule has 4 rings (SSSR count). The van der Waals surface area contributed by atoms with Gasteiger partial charge >= 0.3 is 0 Å². The number of sulfone groups is 1. The number of benzene rings is 1. The zero-order chi connectivity index (χ0) is 22.9. The summed E-state index contributed by atoms with van der Waals surface area (Å²) in [6.45, 7) is 10.2. The van der Waals surface area contributed by atoms with Crippen molar-refractivity contribution in [2.75, 3.05) is 37.7 Å². The monoisotopic (exact) mass is 477 g/mol. The first-order valence-corrected chi connectivity index (χ1v) is 13.8. The van der Waals surface area contributed by atoms with Crippen molar-refractivity contribution in [2.45, 2.75) is 45.8 Å². The maximum Gasteiger partial charge on any atom is 0.198 e. The minimum atomic E-state index is -2.87. The molecule has 0 N–H and O–H groups in total. The van der Waals surface area contributed by atoms with Crippen LogP contribution in [0.4, 0.5) is 0 Å². The minimum Gasteiger partial charge on any atom is -0.307 e. The number of hydrogen-bond donors (Lipinski definition) is 0. The molecule has 0 radical (unpaired) electrons. The third-order valence-corrected chi connectivity index (χ3v) is 9.10. The van der Waals surface area contributed by atoms with Crippen LogP contribution in [0.3, 0.4) is 0 Å². The lowest BCUT2D eigenvalue weighted by molar-refractivity contribution is 0.0979. The lowest BCUT2D eigenvalue weighted by Gasteiger charge is -2.34. The van der Waals surface area contributed by atoms with Gasteiger partial charge in [-0.2, -0.15) is 5.10 Å². The number of nitrogens with zero attached hydrogens (tertiary/aromatic N) is 5. The molecule has 2 aliphatic rings. The average Bonchev–Trinajstić information content (AvgIpc) is 3.23. The van der Waals surface area contributed by atoms with E-state index < -0.39 is 9.84 Å². The van der Waals surface area contributed by atoms with E-state index in [-0.39, 0.29) is 11.7 Å². The van der Waals surface area contributed by atoms with E-state index in [2.05, 4.69) is 47.9 Å². The SMILES string of the molecule is CC(C)c1ccc(CN2CCN(Cn3nc(C[C@@H]4CCS(=O)(=O)C4)n(C)c3=S)CC2)cc1. The van der Waals surface area contributed by atoms with Crippen molar-refractivity contribution in [2.24, 2.45) is 13.0 Å². The molecule has 2 fully saturated rings. The van der Waals surface area contributed by atoms with E-state index in [1.807, 2.05) is 16.3 Å². The standard InChI is InChI=1S/C23H35N5O2S2/c1-18(2)21-6-4-19(5-7-21)15-26-9-11-27(12-10-26)17-28-23(31)25(3)22(24-28)14-20-8-13-32(29,30)16-20/h4-7,18,20H,8-17H2,1-3H3/t20-/m0/s1. The summed E-state index contributed by atoms with van der Waals surface area (Å²) < 4.78 is 28.1. The number of rotatable bonds is 7. The van der Waals surface area contributed by atoms with Crippen LogP contribution in [-0.4, -0.2) is 70.2 Å². The van der Waals surface area contributed by atoms with Crippen LogP contribution in [0.2, 0.25) is 0 Å². The van der Waals surface area contributed by atoms with E-state index in [1.54, 1.807) is 0 Å². The Kier molecular flexibility index (Phi) is 7.19. The number of hydrogen-bond acceptors (Lipinski definition) is 6. The van der Waals surface area contributed by atoms with Gasteiger partial charge in [-0.15, -0.1) is 0 Å². The Morgan fingerprint density at radius 3 is 2.34 bits per heavy atom. The van der Waals surface area contributed by atoms with Crippen LogP contribution in [0.15, 0.2) is 24.3 Å². The van der Waals surface area contributed by atoms with E-state index in [0.29, 0.717) is 29.5 Å². The largest absolute Gasteiger partial charge is 0.307 e. The van der Waals surface area contributed by atoms with E-state index >= 15 is 0 Å². The summed E-state index contributed by atoms with van der Waals surface area (Å²) >= 11 is 5.62. The molecule has 1 aromatic heterocycles. The fraction of sp³-hybridized carbons (Fsp3) is 0.652. The van der Waals surface area contributed by atoms with Gasteiger partial charge in [0.1, 0.15) is 5.82 Å². The van der Waals surface area contributed by atoms with E-state index in [0.717, 1.165) is 45.0 Å². The highest BCUT2D eigenvalue weighted by Crippen LogP contribution is 2.22.